The smallest absolute Gasteiger partial charge is 0.124 e. The number of aromatic nitrogens is 5. The summed E-state index contributed by atoms with van der Waals surface area (Å²) in [6, 6.07) is 20.1. The Morgan fingerprint density at radius 1 is 0.815 bits per heavy atom. The third kappa shape index (κ3) is 3.04. The SMILES string of the molecule is c1ccc(-c2nc3ccccc3nc2CSc2nccc3[nH]cnc23)cc1. The van der Waals surface area contributed by atoms with Crippen LogP contribution in [0.4, 0.5) is 0 Å². The third-order valence-corrected chi connectivity index (χ3v) is 5.33. The standard InChI is InChI=1S/C21H15N5S/c1-2-6-14(7-3-1)19-18(25-15-8-4-5-9-16(15)26-19)12-27-21-20-17(10-11-22-21)23-13-24-20/h1-11,13H,12H2,(H,23,24). The first kappa shape index (κ1) is 16.0. The van der Waals surface area contributed by atoms with Gasteiger partial charge in [-0.25, -0.2) is 19.9 Å². The summed E-state index contributed by atoms with van der Waals surface area (Å²) in [4.78, 5) is 21.8. The predicted molar refractivity (Wildman–Crippen MR) is 108 cm³/mol. The monoisotopic (exact) mass is 369 g/mol. The summed E-state index contributed by atoms with van der Waals surface area (Å²) < 4.78 is 0. The van der Waals surface area contributed by atoms with Crippen LogP contribution in [0.1, 0.15) is 5.69 Å². The van der Waals surface area contributed by atoms with Crippen molar-refractivity contribution in [2.75, 3.05) is 0 Å². The number of nitrogens with one attached hydrogen (secondary N) is 1. The lowest BCUT2D eigenvalue weighted by molar-refractivity contribution is 1.13. The number of fused-ring (bicyclic) bond motifs is 2. The molecule has 3 aromatic heterocycles. The highest BCUT2D eigenvalue weighted by atomic mass is 32.2. The van der Waals surface area contributed by atoms with Crippen LogP contribution in [0.3, 0.4) is 0 Å². The molecule has 0 unspecified atom stereocenters. The lowest BCUT2D eigenvalue weighted by atomic mass is 10.1. The Bertz CT molecular complexity index is 1230. The molecule has 0 aliphatic heterocycles. The number of para-hydroxylation sites is 2. The van der Waals surface area contributed by atoms with E-state index in [0.29, 0.717) is 5.75 Å². The van der Waals surface area contributed by atoms with Crippen LogP contribution in [0.15, 0.2) is 78.2 Å². The molecule has 130 valence electrons. The largest absolute Gasteiger partial charge is 0.344 e. The van der Waals surface area contributed by atoms with E-state index < -0.39 is 0 Å². The molecule has 0 amide bonds. The lowest BCUT2D eigenvalue weighted by Crippen LogP contribution is -1.98. The van der Waals surface area contributed by atoms with Crippen LogP contribution in [0.2, 0.25) is 0 Å². The Kier molecular flexibility index (Phi) is 4.03. The van der Waals surface area contributed by atoms with Crippen molar-refractivity contribution >= 4 is 33.8 Å². The van der Waals surface area contributed by atoms with Gasteiger partial charge in [-0.3, -0.25) is 0 Å². The molecule has 0 radical (unpaired) electrons. The van der Waals surface area contributed by atoms with Crippen molar-refractivity contribution in [3.8, 4) is 11.3 Å². The maximum Gasteiger partial charge on any atom is 0.124 e. The molecule has 0 spiro atoms. The molecule has 0 atom stereocenters. The molecule has 0 aliphatic rings. The molecule has 5 nitrogen and oxygen atoms in total. The number of hydrogen-bond donors (Lipinski definition) is 1. The molecule has 5 aromatic rings. The number of pyridine rings is 1. The summed E-state index contributed by atoms with van der Waals surface area (Å²) in [5, 5.41) is 0.891. The zero-order valence-corrected chi connectivity index (χ0v) is 15.1. The van der Waals surface area contributed by atoms with Gasteiger partial charge in [-0.1, -0.05) is 54.2 Å². The van der Waals surface area contributed by atoms with Gasteiger partial charge >= 0.3 is 0 Å². The van der Waals surface area contributed by atoms with E-state index in [-0.39, 0.29) is 0 Å². The number of hydrogen-bond acceptors (Lipinski definition) is 5. The maximum atomic E-state index is 4.90. The van der Waals surface area contributed by atoms with E-state index in [2.05, 4.69) is 27.1 Å². The Morgan fingerprint density at radius 2 is 1.59 bits per heavy atom. The van der Waals surface area contributed by atoms with Gasteiger partial charge in [-0.05, 0) is 18.2 Å². The third-order valence-electron chi connectivity index (χ3n) is 4.34. The van der Waals surface area contributed by atoms with Gasteiger partial charge < -0.3 is 4.98 Å². The van der Waals surface area contributed by atoms with E-state index in [9.17, 15) is 0 Å². The Morgan fingerprint density at radius 3 is 2.44 bits per heavy atom. The minimum atomic E-state index is 0.668. The van der Waals surface area contributed by atoms with Gasteiger partial charge in [-0.2, -0.15) is 0 Å². The zero-order chi connectivity index (χ0) is 18.1. The molecular formula is C21H15N5S. The molecule has 6 heteroatoms. The molecule has 0 bridgehead atoms. The normalized spacial score (nSPS) is 11.3. The molecule has 1 N–H and O–H groups in total. The highest BCUT2D eigenvalue weighted by Crippen LogP contribution is 2.30. The summed E-state index contributed by atoms with van der Waals surface area (Å²) in [6.07, 6.45) is 3.49. The van der Waals surface area contributed by atoms with Crippen molar-refractivity contribution in [1.29, 1.82) is 0 Å². The van der Waals surface area contributed by atoms with Gasteiger partial charge in [0.25, 0.3) is 0 Å². The average molecular weight is 369 g/mol. The number of rotatable bonds is 4. The van der Waals surface area contributed by atoms with E-state index in [0.717, 1.165) is 44.0 Å². The quantitative estimate of drug-likeness (QED) is 0.458. The minimum Gasteiger partial charge on any atom is -0.344 e. The first-order valence-corrected chi connectivity index (χ1v) is 9.59. The molecule has 2 aromatic carbocycles. The van der Waals surface area contributed by atoms with Crippen molar-refractivity contribution in [2.24, 2.45) is 0 Å². The molecular weight excluding hydrogens is 354 g/mol. The van der Waals surface area contributed by atoms with E-state index in [1.54, 1.807) is 24.3 Å². The van der Waals surface area contributed by atoms with Gasteiger partial charge in [0.1, 0.15) is 10.5 Å². The fourth-order valence-corrected chi connectivity index (χ4v) is 3.96. The summed E-state index contributed by atoms with van der Waals surface area (Å²) in [7, 11) is 0. The van der Waals surface area contributed by atoms with Gasteiger partial charge in [0.2, 0.25) is 0 Å². The molecule has 0 saturated carbocycles. The Hall–Kier alpha value is -3.25. The zero-order valence-electron chi connectivity index (χ0n) is 14.3. The van der Waals surface area contributed by atoms with Gasteiger partial charge in [-0.15, -0.1) is 0 Å². The number of benzene rings is 2. The van der Waals surface area contributed by atoms with Crippen LogP contribution in [-0.4, -0.2) is 24.9 Å². The van der Waals surface area contributed by atoms with Crippen LogP contribution >= 0.6 is 11.8 Å². The van der Waals surface area contributed by atoms with Crippen LogP contribution in [0, 0.1) is 0 Å². The van der Waals surface area contributed by atoms with Crippen LogP contribution in [0.5, 0.6) is 0 Å². The number of aromatic amines is 1. The summed E-state index contributed by atoms with van der Waals surface area (Å²) in [5.41, 5.74) is 6.60. The fourth-order valence-electron chi connectivity index (χ4n) is 3.05. The van der Waals surface area contributed by atoms with Crippen molar-refractivity contribution in [3.63, 3.8) is 0 Å². The first-order valence-electron chi connectivity index (χ1n) is 8.60. The molecule has 0 saturated heterocycles. The van der Waals surface area contributed by atoms with Crippen LogP contribution < -0.4 is 0 Å². The summed E-state index contributed by atoms with van der Waals surface area (Å²) in [5.74, 6) is 0.668. The second-order valence-electron chi connectivity index (χ2n) is 6.08. The molecule has 0 aliphatic carbocycles. The lowest BCUT2D eigenvalue weighted by Gasteiger charge is -2.10. The van der Waals surface area contributed by atoms with Gasteiger partial charge in [0.05, 0.1) is 34.3 Å². The number of nitrogens with zero attached hydrogens (tertiary/aromatic N) is 4. The minimum absolute atomic E-state index is 0.668. The summed E-state index contributed by atoms with van der Waals surface area (Å²) in [6.45, 7) is 0. The predicted octanol–water partition coefficient (Wildman–Crippen LogP) is 4.86. The number of imidazole rings is 1. The second-order valence-corrected chi connectivity index (χ2v) is 7.04. The molecule has 3 heterocycles. The van der Waals surface area contributed by atoms with E-state index in [1.165, 1.54) is 0 Å². The molecule has 5 rings (SSSR count). The van der Waals surface area contributed by atoms with E-state index in [1.807, 2.05) is 48.5 Å². The first-order chi connectivity index (χ1) is 13.4. The topological polar surface area (TPSA) is 67.3 Å². The van der Waals surface area contributed by atoms with Crippen molar-refractivity contribution in [3.05, 3.63) is 78.9 Å². The molecule has 27 heavy (non-hydrogen) atoms. The Labute approximate surface area is 159 Å². The average Bonchev–Trinajstić information content (AvgIpc) is 3.22. The van der Waals surface area contributed by atoms with Crippen LogP contribution in [0.25, 0.3) is 33.3 Å². The van der Waals surface area contributed by atoms with Crippen molar-refractivity contribution in [1.82, 2.24) is 24.9 Å². The maximum absolute atomic E-state index is 4.90. The highest BCUT2D eigenvalue weighted by Gasteiger charge is 2.13. The van der Waals surface area contributed by atoms with Crippen LogP contribution in [-0.2, 0) is 5.75 Å². The van der Waals surface area contributed by atoms with E-state index in [4.69, 9.17) is 9.97 Å². The van der Waals surface area contributed by atoms with E-state index >= 15 is 0 Å². The highest BCUT2D eigenvalue weighted by molar-refractivity contribution is 7.98. The fraction of sp³-hybridized carbons (Fsp3) is 0.0476. The number of thioether (sulfide) groups is 1. The summed E-state index contributed by atoms with van der Waals surface area (Å²) >= 11 is 1.63. The van der Waals surface area contributed by atoms with Crippen molar-refractivity contribution < 1.29 is 0 Å². The molecule has 0 fully saturated rings. The van der Waals surface area contributed by atoms with Gasteiger partial charge in [0, 0.05) is 17.5 Å². The Balaban J connectivity index is 1.58. The number of H-pyrrole nitrogens is 1. The van der Waals surface area contributed by atoms with Gasteiger partial charge in [0.15, 0.2) is 0 Å². The second kappa shape index (κ2) is 6.81. The van der Waals surface area contributed by atoms with Crippen molar-refractivity contribution in [2.45, 2.75) is 10.8 Å².